The maximum absolute atomic E-state index is 16.3. The number of phosphoric ester groups is 1. The Morgan fingerprint density at radius 3 is 2.15 bits per heavy atom. The van der Waals surface area contributed by atoms with Gasteiger partial charge in [-0.3, -0.25) is 27.7 Å². The van der Waals surface area contributed by atoms with Gasteiger partial charge in [0.15, 0.2) is 33.4 Å². The lowest BCUT2D eigenvalue weighted by atomic mass is 9.97. The molecule has 2 aromatic rings. The van der Waals surface area contributed by atoms with Crippen LogP contribution in [0.15, 0.2) is 6.33 Å². The summed E-state index contributed by atoms with van der Waals surface area (Å²) in [5, 5.41) is 10.8. The van der Waals surface area contributed by atoms with Crippen LogP contribution in [0, 0.1) is 23.2 Å². The van der Waals surface area contributed by atoms with Crippen molar-refractivity contribution in [2.45, 2.75) is 65.6 Å². The highest BCUT2D eigenvalue weighted by molar-refractivity contribution is 8.14. The summed E-state index contributed by atoms with van der Waals surface area (Å²) in [7, 11) is -0.935. The van der Waals surface area contributed by atoms with Gasteiger partial charge in [-0.15, -0.1) is 6.42 Å². The van der Waals surface area contributed by atoms with Crippen LogP contribution in [0.5, 0.6) is 0 Å². The van der Waals surface area contributed by atoms with Crippen molar-refractivity contribution in [3.63, 3.8) is 0 Å². The van der Waals surface area contributed by atoms with Crippen LogP contribution in [-0.2, 0) is 32.5 Å². The molecule has 0 aliphatic carbocycles. The highest BCUT2D eigenvalue weighted by Gasteiger charge is 2.58. The predicted octanol–water partition coefficient (Wildman–Crippen LogP) is 3.84. The van der Waals surface area contributed by atoms with Crippen LogP contribution >= 0.6 is 31.3 Å². The van der Waals surface area contributed by atoms with Crippen molar-refractivity contribution < 1.29 is 42.0 Å². The predicted molar refractivity (Wildman–Crippen MR) is 176 cm³/mol. The molecule has 1 aliphatic rings. The van der Waals surface area contributed by atoms with E-state index in [-0.39, 0.29) is 52.1 Å². The number of rotatable bonds is 13. The molecule has 0 radical (unpaired) electrons. The normalized spacial score (nSPS) is 22.2. The largest absolute Gasteiger partial charge is 0.474 e. The highest BCUT2D eigenvalue weighted by atomic mass is 32.2. The van der Waals surface area contributed by atoms with E-state index in [9.17, 15) is 19.3 Å². The molecule has 3 N–H and O–H groups in total. The standard InChI is InChI=1S/C28H42FN6O8PS2/c1-10-28(29)19(36)17(43-22(28)35-16-31-18-20(34(8)9)32-25(30)33-21(18)35)15-42-44(39,40-11-13-45-23(37)26(2,3)4)41-12-14-46-24(38)27(5,6)7/h1,16-17,19,22,36H,11-15H2,2-9H3,(H2,30,32,33)/t17-,19-,22-,28-/m1/s1. The van der Waals surface area contributed by atoms with E-state index in [0.717, 1.165) is 23.5 Å². The molecule has 46 heavy (non-hydrogen) atoms. The number of ether oxygens (including phenoxy) is 1. The summed E-state index contributed by atoms with van der Waals surface area (Å²) in [6.45, 7) is 9.59. The molecule has 0 unspecified atom stereocenters. The summed E-state index contributed by atoms with van der Waals surface area (Å²) >= 11 is 1.99. The molecule has 0 aromatic carbocycles. The first-order chi connectivity index (χ1) is 21.2. The third-order valence-corrected chi connectivity index (χ3v) is 10.5. The Bertz CT molecular complexity index is 1470. The van der Waals surface area contributed by atoms with Gasteiger partial charge in [0.1, 0.15) is 12.2 Å². The minimum atomic E-state index is -4.37. The molecule has 0 amide bonds. The summed E-state index contributed by atoms with van der Waals surface area (Å²) in [4.78, 5) is 38.8. The van der Waals surface area contributed by atoms with Crippen LogP contribution in [0.2, 0.25) is 0 Å². The lowest BCUT2D eigenvalue weighted by Gasteiger charge is -2.24. The molecule has 14 nitrogen and oxygen atoms in total. The first-order valence-corrected chi connectivity index (χ1v) is 17.7. The van der Waals surface area contributed by atoms with Gasteiger partial charge in [0.25, 0.3) is 0 Å². The number of nitrogens with two attached hydrogens (primary N) is 1. The summed E-state index contributed by atoms with van der Waals surface area (Å²) in [5.41, 5.74) is 2.30. The Hall–Kier alpha value is -2.29. The number of alkyl halides is 1. The van der Waals surface area contributed by atoms with E-state index >= 15 is 4.39 Å². The molecule has 3 heterocycles. The average Bonchev–Trinajstić information content (AvgIpc) is 3.48. The lowest BCUT2D eigenvalue weighted by Crippen LogP contribution is -2.42. The van der Waals surface area contributed by atoms with Crippen LogP contribution in [0.1, 0.15) is 47.8 Å². The number of halogens is 1. The zero-order chi connectivity index (χ0) is 34.7. The van der Waals surface area contributed by atoms with Gasteiger partial charge in [-0.25, -0.2) is 13.9 Å². The maximum Gasteiger partial charge on any atom is 0.474 e. The summed E-state index contributed by atoms with van der Waals surface area (Å²) in [6.07, 6.45) is 1.78. The average molecular weight is 705 g/mol. The molecule has 1 aliphatic heterocycles. The third kappa shape index (κ3) is 8.99. The number of phosphoric acid groups is 1. The zero-order valence-electron chi connectivity index (χ0n) is 27.2. The number of carbonyl (C=O) groups excluding carboxylic acids is 2. The van der Waals surface area contributed by atoms with E-state index < -0.39 is 49.4 Å². The van der Waals surface area contributed by atoms with E-state index in [2.05, 4.69) is 15.0 Å². The first-order valence-electron chi connectivity index (χ1n) is 14.3. The van der Waals surface area contributed by atoms with Crippen molar-refractivity contribution >= 4 is 64.5 Å². The van der Waals surface area contributed by atoms with Gasteiger partial charge in [-0.1, -0.05) is 71.0 Å². The Labute approximate surface area is 276 Å². The Balaban J connectivity index is 1.78. The van der Waals surface area contributed by atoms with Gasteiger partial charge in [0, 0.05) is 36.4 Å². The number of hydrogen-bond donors (Lipinski definition) is 2. The molecule has 18 heteroatoms. The number of aliphatic hydroxyl groups excluding tert-OH is 1. The Morgan fingerprint density at radius 1 is 1.13 bits per heavy atom. The quantitative estimate of drug-likeness (QED) is 0.174. The highest BCUT2D eigenvalue weighted by Crippen LogP contribution is 2.51. The number of nitrogens with zero attached hydrogens (tertiary/aromatic N) is 5. The molecule has 3 rings (SSSR count). The van der Waals surface area contributed by atoms with Crippen molar-refractivity contribution in [1.82, 2.24) is 19.5 Å². The van der Waals surface area contributed by atoms with Crippen molar-refractivity contribution in [3.05, 3.63) is 6.33 Å². The Morgan fingerprint density at radius 2 is 1.67 bits per heavy atom. The second kappa shape index (κ2) is 14.9. The van der Waals surface area contributed by atoms with Crippen molar-refractivity contribution in [2.24, 2.45) is 10.8 Å². The van der Waals surface area contributed by atoms with Gasteiger partial charge in [-0.2, -0.15) is 9.97 Å². The monoisotopic (exact) mass is 704 g/mol. The molecule has 1 fully saturated rings. The molecule has 0 bridgehead atoms. The summed E-state index contributed by atoms with van der Waals surface area (Å²) < 4.78 is 53.4. The summed E-state index contributed by atoms with van der Waals surface area (Å²) in [5.74, 6) is 2.52. The van der Waals surface area contributed by atoms with Crippen LogP contribution in [0.3, 0.4) is 0 Å². The molecule has 2 aromatic heterocycles. The fourth-order valence-electron chi connectivity index (χ4n) is 3.99. The number of carbonyl (C=O) groups is 2. The smallest absolute Gasteiger partial charge is 0.386 e. The molecule has 4 atom stereocenters. The second-order valence-corrected chi connectivity index (χ2v) is 16.5. The van der Waals surface area contributed by atoms with Crippen LogP contribution < -0.4 is 10.6 Å². The SMILES string of the molecule is C#C[C@@]1(F)[C@H](O)[C@@H](COP(=O)(OCCSC(=O)C(C)(C)C)OCCSC(=O)C(C)(C)C)O[C@H]1n1cnc2c(N(C)C)nc(N)nc21. The first kappa shape index (κ1) is 38.2. The van der Waals surface area contributed by atoms with Gasteiger partial charge >= 0.3 is 7.82 Å². The fraction of sp³-hybridized carbons (Fsp3) is 0.679. The number of hydrogen-bond acceptors (Lipinski definition) is 15. The van der Waals surface area contributed by atoms with Gasteiger partial charge in [0.2, 0.25) is 11.6 Å². The van der Waals surface area contributed by atoms with Gasteiger partial charge in [0.05, 0.1) is 26.1 Å². The number of fused-ring (bicyclic) bond motifs is 1. The van der Waals surface area contributed by atoms with Crippen LogP contribution in [0.4, 0.5) is 16.2 Å². The third-order valence-electron chi connectivity index (χ3n) is 6.52. The summed E-state index contributed by atoms with van der Waals surface area (Å²) in [6, 6.07) is 0. The molecule has 256 valence electrons. The fourth-order valence-corrected chi connectivity index (χ4v) is 6.99. The van der Waals surface area contributed by atoms with E-state index in [1.165, 1.54) is 10.9 Å². The zero-order valence-corrected chi connectivity index (χ0v) is 29.7. The molecular formula is C28H42FN6O8PS2. The minimum absolute atomic E-state index is 0.0938. The van der Waals surface area contributed by atoms with Crippen LogP contribution in [-0.4, -0.2) is 98.2 Å². The minimum Gasteiger partial charge on any atom is -0.386 e. The number of thioether (sulfide) groups is 2. The molecule has 0 spiro atoms. The van der Waals surface area contributed by atoms with Crippen LogP contribution in [0.25, 0.3) is 11.2 Å². The molecule has 1 saturated heterocycles. The second-order valence-electron chi connectivity index (χ2n) is 12.7. The van der Waals surface area contributed by atoms with E-state index in [1.54, 1.807) is 60.5 Å². The number of nitrogen functional groups attached to an aromatic ring is 1. The van der Waals surface area contributed by atoms with Crippen molar-refractivity contribution in [1.29, 1.82) is 0 Å². The topological polar surface area (TPSA) is 181 Å². The van der Waals surface area contributed by atoms with Crippen molar-refractivity contribution in [3.8, 4) is 12.3 Å². The van der Waals surface area contributed by atoms with Gasteiger partial charge in [-0.05, 0) is 0 Å². The number of terminal acetylenes is 1. The van der Waals surface area contributed by atoms with Crippen molar-refractivity contribution in [2.75, 3.05) is 56.1 Å². The van der Waals surface area contributed by atoms with E-state index in [1.807, 2.05) is 5.92 Å². The molecular weight excluding hydrogens is 662 g/mol. The van der Waals surface area contributed by atoms with E-state index in [4.69, 9.17) is 30.5 Å². The number of aliphatic hydroxyl groups is 1. The number of anilines is 2. The molecule has 0 saturated carbocycles. The number of aromatic nitrogens is 4. The Kier molecular flexibility index (Phi) is 12.3. The lowest BCUT2D eigenvalue weighted by molar-refractivity contribution is -0.118. The number of imidazole rings is 1. The maximum atomic E-state index is 16.3. The van der Waals surface area contributed by atoms with Gasteiger partial charge < -0.3 is 20.5 Å². The van der Waals surface area contributed by atoms with E-state index in [0.29, 0.717) is 5.82 Å².